The van der Waals surface area contributed by atoms with Crippen LogP contribution < -0.4 is 0 Å². The Labute approximate surface area is 92.6 Å². The molecule has 2 heterocycles. The Morgan fingerprint density at radius 2 is 2.31 bits per heavy atom. The molecule has 1 aliphatic rings. The van der Waals surface area contributed by atoms with Gasteiger partial charge in [0, 0.05) is 5.39 Å². The summed E-state index contributed by atoms with van der Waals surface area (Å²) in [7, 11) is 0. The monoisotopic (exact) mass is 215 g/mol. The molecule has 16 heavy (non-hydrogen) atoms. The van der Waals surface area contributed by atoms with Crippen LogP contribution in [-0.2, 0) is 17.9 Å². The molecular weight excluding hydrogens is 205 g/mol. The van der Waals surface area contributed by atoms with Crippen molar-refractivity contribution in [3.05, 3.63) is 35.3 Å². The lowest BCUT2D eigenvalue weighted by Gasteiger charge is -2.04. The zero-order valence-corrected chi connectivity index (χ0v) is 8.88. The Bertz CT molecular complexity index is 631. The molecule has 0 radical (unpaired) electrons. The average molecular weight is 215 g/mol. The molecule has 2 aromatic rings. The van der Waals surface area contributed by atoms with E-state index >= 15 is 0 Å². The number of hydrogen-bond donors (Lipinski definition) is 0. The Morgan fingerprint density at radius 3 is 3.19 bits per heavy atom. The number of nitrogens with zero attached hydrogens (tertiary/aromatic N) is 1. The Balaban J connectivity index is 2.37. The lowest BCUT2D eigenvalue weighted by atomic mass is 10.1. The number of fused-ring (bicyclic) bond motifs is 3. The SMILES string of the molecule is Cc1c2n(c3cc(F)ccc13)CC#COC2. The first-order chi connectivity index (χ1) is 7.77. The van der Waals surface area contributed by atoms with Crippen LogP contribution in [0.5, 0.6) is 0 Å². The number of halogens is 1. The molecule has 3 rings (SSSR count). The van der Waals surface area contributed by atoms with E-state index in [0.29, 0.717) is 13.2 Å². The van der Waals surface area contributed by atoms with Crippen LogP contribution >= 0.6 is 0 Å². The van der Waals surface area contributed by atoms with Crippen molar-refractivity contribution >= 4 is 10.9 Å². The van der Waals surface area contributed by atoms with E-state index in [1.54, 1.807) is 6.07 Å². The third-order valence-corrected chi connectivity index (χ3v) is 3.00. The second-order valence-corrected chi connectivity index (χ2v) is 3.89. The second-order valence-electron chi connectivity index (χ2n) is 3.89. The van der Waals surface area contributed by atoms with Crippen LogP contribution in [0.4, 0.5) is 4.39 Å². The van der Waals surface area contributed by atoms with Crippen LogP contribution in [0.15, 0.2) is 18.2 Å². The minimum Gasteiger partial charge on any atom is -0.440 e. The molecule has 1 aromatic heterocycles. The maximum absolute atomic E-state index is 13.2. The molecular formula is C13H10FNO. The molecule has 0 atom stereocenters. The van der Waals surface area contributed by atoms with E-state index in [9.17, 15) is 4.39 Å². The summed E-state index contributed by atoms with van der Waals surface area (Å²) in [5.41, 5.74) is 3.10. The molecule has 0 saturated carbocycles. The van der Waals surface area contributed by atoms with Gasteiger partial charge in [0.1, 0.15) is 18.5 Å². The summed E-state index contributed by atoms with van der Waals surface area (Å²) in [4.78, 5) is 0. The summed E-state index contributed by atoms with van der Waals surface area (Å²) in [6, 6.07) is 4.86. The molecule has 1 aromatic carbocycles. The molecule has 0 saturated heterocycles. The van der Waals surface area contributed by atoms with E-state index in [2.05, 4.69) is 12.0 Å². The number of aromatic nitrogens is 1. The average Bonchev–Trinajstić information content (AvgIpc) is 2.47. The smallest absolute Gasteiger partial charge is 0.140 e. The van der Waals surface area contributed by atoms with Crippen molar-refractivity contribution in [2.24, 2.45) is 0 Å². The van der Waals surface area contributed by atoms with Gasteiger partial charge in [0.05, 0.1) is 17.8 Å². The summed E-state index contributed by atoms with van der Waals surface area (Å²) in [5.74, 6) is 2.68. The van der Waals surface area contributed by atoms with Crippen molar-refractivity contribution in [1.29, 1.82) is 0 Å². The summed E-state index contributed by atoms with van der Waals surface area (Å²) >= 11 is 0. The van der Waals surface area contributed by atoms with Gasteiger partial charge < -0.3 is 9.30 Å². The highest BCUT2D eigenvalue weighted by molar-refractivity contribution is 5.85. The third-order valence-electron chi connectivity index (χ3n) is 3.00. The molecule has 0 fully saturated rings. The van der Waals surface area contributed by atoms with E-state index in [0.717, 1.165) is 22.2 Å². The van der Waals surface area contributed by atoms with Crippen molar-refractivity contribution in [1.82, 2.24) is 4.57 Å². The maximum Gasteiger partial charge on any atom is 0.140 e. The van der Waals surface area contributed by atoms with E-state index < -0.39 is 0 Å². The summed E-state index contributed by atoms with van der Waals surface area (Å²) in [6.45, 7) is 3.05. The molecule has 0 spiro atoms. The van der Waals surface area contributed by atoms with Crippen LogP contribution in [0.25, 0.3) is 10.9 Å². The first-order valence-corrected chi connectivity index (χ1v) is 5.14. The quantitative estimate of drug-likeness (QED) is 0.616. The molecule has 0 amide bonds. The van der Waals surface area contributed by atoms with Crippen molar-refractivity contribution in [3.63, 3.8) is 0 Å². The number of aryl methyl sites for hydroxylation is 1. The predicted molar refractivity (Wildman–Crippen MR) is 59.2 cm³/mol. The fraction of sp³-hybridized carbons (Fsp3) is 0.231. The van der Waals surface area contributed by atoms with Gasteiger partial charge in [-0.1, -0.05) is 0 Å². The third kappa shape index (κ3) is 1.20. The highest BCUT2D eigenvalue weighted by Gasteiger charge is 2.15. The standard InChI is InChI=1S/C13H10FNO/c1-9-11-4-3-10(14)7-12(11)15-5-2-6-16-8-13(9)15/h3-4,7H,5,8H2,1H3. The van der Waals surface area contributed by atoms with E-state index in [-0.39, 0.29) is 5.82 Å². The highest BCUT2D eigenvalue weighted by Crippen LogP contribution is 2.27. The minimum absolute atomic E-state index is 0.217. The van der Waals surface area contributed by atoms with E-state index in [4.69, 9.17) is 4.74 Å². The van der Waals surface area contributed by atoms with Gasteiger partial charge in [-0.3, -0.25) is 0 Å². The Hall–Kier alpha value is -1.95. The van der Waals surface area contributed by atoms with Gasteiger partial charge in [-0.05, 0) is 36.6 Å². The summed E-state index contributed by atoms with van der Waals surface area (Å²) < 4.78 is 20.4. The largest absolute Gasteiger partial charge is 0.440 e. The summed E-state index contributed by atoms with van der Waals surface area (Å²) in [6.07, 6.45) is 2.62. The fourth-order valence-electron chi connectivity index (χ4n) is 2.18. The van der Waals surface area contributed by atoms with Crippen LogP contribution in [0.2, 0.25) is 0 Å². The molecule has 0 aliphatic carbocycles. The van der Waals surface area contributed by atoms with E-state index in [1.807, 2.05) is 17.6 Å². The minimum atomic E-state index is -0.217. The number of rotatable bonds is 0. The number of ether oxygens (including phenoxy) is 1. The molecule has 0 bridgehead atoms. The van der Waals surface area contributed by atoms with Crippen molar-refractivity contribution < 1.29 is 9.13 Å². The molecule has 3 heteroatoms. The lowest BCUT2D eigenvalue weighted by molar-refractivity contribution is 0.260. The van der Waals surface area contributed by atoms with Crippen LogP contribution in [0.3, 0.4) is 0 Å². The predicted octanol–water partition coefficient (Wildman–Crippen LogP) is 2.58. The first-order valence-electron chi connectivity index (χ1n) is 5.14. The Morgan fingerprint density at radius 1 is 1.44 bits per heavy atom. The number of benzene rings is 1. The maximum atomic E-state index is 13.2. The topological polar surface area (TPSA) is 14.2 Å². The highest BCUT2D eigenvalue weighted by atomic mass is 19.1. The molecule has 0 unspecified atom stereocenters. The molecule has 2 nitrogen and oxygen atoms in total. The fourth-order valence-corrected chi connectivity index (χ4v) is 2.18. The molecule has 0 N–H and O–H groups in total. The van der Waals surface area contributed by atoms with Gasteiger partial charge in [0.25, 0.3) is 0 Å². The van der Waals surface area contributed by atoms with Crippen molar-refractivity contribution in [2.45, 2.75) is 20.1 Å². The van der Waals surface area contributed by atoms with Gasteiger partial charge >= 0.3 is 0 Å². The lowest BCUT2D eigenvalue weighted by Crippen LogP contribution is -2.01. The zero-order chi connectivity index (χ0) is 11.1. The first kappa shape index (κ1) is 9.29. The summed E-state index contributed by atoms with van der Waals surface area (Å²) in [5, 5.41) is 1.07. The van der Waals surface area contributed by atoms with E-state index in [1.165, 1.54) is 6.07 Å². The normalized spacial score (nSPS) is 13.6. The van der Waals surface area contributed by atoms with Gasteiger partial charge in [0.2, 0.25) is 0 Å². The van der Waals surface area contributed by atoms with Gasteiger partial charge in [-0.25, -0.2) is 4.39 Å². The zero-order valence-electron chi connectivity index (χ0n) is 8.88. The van der Waals surface area contributed by atoms with Gasteiger partial charge in [0.15, 0.2) is 0 Å². The van der Waals surface area contributed by atoms with Crippen LogP contribution in [-0.4, -0.2) is 4.57 Å². The van der Waals surface area contributed by atoms with Crippen molar-refractivity contribution in [2.75, 3.05) is 0 Å². The van der Waals surface area contributed by atoms with Crippen LogP contribution in [0, 0.1) is 24.8 Å². The molecule has 80 valence electrons. The van der Waals surface area contributed by atoms with Crippen molar-refractivity contribution in [3.8, 4) is 12.0 Å². The Kier molecular flexibility index (Phi) is 1.90. The van der Waals surface area contributed by atoms with Crippen LogP contribution in [0.1, 0.15) is 11.3 Å². The number of hydrogen-bond acceptors (Lipinski definition) is 1. The molecule has 1 aliphatic heterocycles. The van der Waals surface area contributed by atoms with Gasteiger partial charge in [-0.2, -0.15) is 0 Å². The second kappa shape index (κ2) is 3.28. The van der Waals surface area contributed by atoms with Gasteiger partial charge in [-0.15, -0.1) is 0 Å².